The zero-order valence-electron chi connectivity index (χ0n) is 11.7. The summed E-state index contributed by atoms with van der Waals surface area (Å²) in [5.41, 5.74) is 1.47. The molecule has 0 saturated heterocycles. The van der Waals surface area contributed by atoms with E-state index in [4.69, 9.17) is 9.47 Å². The number of carboxylic acid groups (broad SMARTS) is 1. The molecule has 0 aliphatic heterocycles. The Labute approximate surface area is 123 Å². The summed E-state index contributed by atoms with van der Waals surface area (Å²) in [5.74, 6) is -0.302. The maximum absolute atomic E-state index is 11.3. The number of rotatable bonds is 6. The first-order valence-electron chi connectivity index (χ1n) is 6.44. The molecule has 4 nitrogen and oxygen atoms in total. The average molecular weight is 284 g/mol. The van der Waals surface area contributed by atoms with E-state index in [0.717, 1.165) is 11.3 Å². The minimum atomic E-state index is -1.04. The molecular weight excluding hydrogens is 268 g/mol. The van der Waals surface area contributed by atoms with Crippen molar-refractivity contribution in [2.75, 3.05) is 7.11 Å². The topological polar surface area (TPSA) is 55.8 Å². The van der Waals surface area contributed by atoms with E-state index in [1.54, 1.807) is 12.1 Å². The van der Waals surface area contributed by atoms with Crippen molar-refractivity contribution in [3.05, 3.63) is 72.0 Å². The van der Waals surface area contributed by atoms with E-state index in [2.05, 4.69) is 0 Å². The molecule has 1 N–H and O–H groups in total. The second-order valence-electron chi connectivity index (χ2n) is 4.33. The van der Waals surface area contributed by atoms with Crippen molar-refractivity contribution >= 4 is 11.5 Å². The first-order valence-corrected chi connectivity index (χ1v) is 6.44. The molecule has 0 atom stereocenters. The Morgan fingerprint density at radius 1 is 1.10 bits per heavy atom. The van der Waals surface area contributed by atoms with Gasteiger partial charge in [-0.25, -0.2) is 4.79 Å². The van der Waals surface area contributed by atoms with E-state index in [-0.39, 0.29) is 12.2 Å². The Morgan fingerprint density at radius 3 is 2.43 bits per heavy atom. The summed E-state index contributed by atoms with van der Waals surface area (Å²) in [5, 5.41) is 9.28. The molecule has 2 rings (SSSR count). The van der Waals surface area contributed by atoms with Crippen LogP contribution >= 0.6 is 0 Å². The predicted molar refractivity (Wildman–Crippen MR) is 79.8 cm³/mol. The molecule has 0 bridgehead atoms. The van der Waals surface area contributed by atoms with Crippen molar-refractivity contribution < 1.29 is 19.4 Å². The lowest BCUT2D eigenvalue weighted by Gasteiger charge is -2.11. The van der Waals surface area contributed by atoms with Gasteiger partial charge in [0.05, 0.1) is 13.4 Å². The highest BCUT2D eigenvalue weighted by Crippen LogP contribution is 2.21. The maximum atomic E-state index is 11.3. The fourth-order valence-electron chi connectivity index (χ4n) is 1.93. The van der Waals surface area contributed by atoms with Gasteiger partial charge in [0.15, 0.2) is 0 Å². The zero-order chi connectivity index (χ0) is 15.1. The SMILES string of the molecule is COC=C(C(=O)O)c1ccccc1COc1ccccc1. The van der Waals surface area contributed by atoms with Crippen LogP contribution in [0.4, 0.5) is 0 Å². The van der Waals surface area contributed by atoms with Gasteiger partial charge in [0.2, 0.25) is 0 Å². The van der Waals surface area contributed by atoms with Gasteiger partial charge >= 0.3 is 5.97 Å². The van der Waals surface area contributed by atoms with Crippen LogP contribution in [0, 0.1) is 0 Å². The summed E-state index contributed by atoms with van der Waals surface area (Å²) in [6.07, 6.45) is 1.23. The molecule has 2 aromatic carbocycles. The van der Waals surface area contributed by atoms with Gasteiger partial charge < -0.3 is 14.6 Å². The first-order chi connectivity index (χ1) is 10.2. The summed E-state index contributed by atoms with van der Waals surface area (Å²) < 4.78 is 10.5. The molecule has 0 radical (unpaired) electrons. The zero-order valence-corrected chi connectivity index (χ0v) is 11.7. The summed E-state index contributed by atoms with van der Waals surface area (Å²) in [6, 6.07) is 16.6. The Bertz CT molecular complexity index is 632. The van der Waals surface area contributed by atoms with Crippen LogP contribution in [0.3, 0.4) is 0 Å². The number of carbonyl (C=O) groups is 1. The smallest absolute Gasteiger partial charge is 0.339 e. The molecule has 21 heavy (non-hydrogen) atoms. The number of carboxylic acids is 1. The van der Waals surface area contributed by atoms with Crippen molar-refractivity contribution in [2.24, 2.45) is 0 Å². The lowest BCUT2D eigenvalue weighted by Crippen LogP contribution is -2.06. The molecule has 0 aromatic heterocycles. The Kier molecular flexibility index (Phi) is 4.99. The van der Waals surface area contributed by atoms with Crippen LogP contribution in [0.25, 0.3) is 5.57 Å². The van der Waals surface area contributed by atoms with Gasteiger partial charge in [0.25, 0.3) is 0 Å². The molecule has 0 amide bonds. The standard InChI is InChI=1S/C17H16O4/c1-20-12-16(17(18)19)15-10-6-5-7-13(15)11-21-14-8-3-2-4-9-14/h2-10,12H,11H2,1H3,(H,18,19). The van der Waals surface area contributed by atoms with Crippen molar-refractivity contribution in [1.82, 2.24) is 0 Å². The van der Waals surface area contributed by atoms with Crippen LogP contribution in [0.15, 0.2) is 60.9 Å². The van der Waals surface area contributed by atoms with Crippen molar-refractivity contribution in [3.63, 3.8) is 0 Å². The molecule has 4 heteroatoms. The molecule has 108 valence electrons. The summed E-state index contributed by atoms with van der Waals surface area (Å²) in [7, 11) is 1.42. The number of benzene rings is 2. The number of hydrogen-bond acceptors (Lipinski definition) is 3. The Balaban J connectivity index is 2.24. The third-order valence-corrected chi connectivity index (χ3v) is 2.91. The molecule has 0 aliphatic carbocycles. The fraction of sp³-hybridized carbons (Fsp3) is 0.118. The van der Waals surface area contributed by atoms with Crippen LogP contribution < -0.4 is 4.74 Å². The first kappa shape index (κ1) is 14.7. The third kappa shape index (κ3) is 3.86. The number of para-hydroxylation sites is 1. The van der Waals surface area contributed by atoms with Crippen LogP contribution in [0.1, 0.15) is 11.1 Å². The monoisotopic (exact) mass is 284 g/mol. The molecule has 0 saturated carbocycles. The molecule has 0 fully saturated rings. The maximum Gasteiger partial charge on any atom is 0.339 e. The fourth-order valence-corrected chi connectivity index (χ4v) is 1.93. The van der Waals surface area contributed by atoms with E-state index < -0.39 is 5.97 Å². The van der Waals surface area contributed by atoms with Crippen molar-refractivity contribution in [3.8, 4) is 5.75 Å². The van der Waals surface area contributed by atoms with E-state index >= 15 is 0 Å². The van der Waals surface area contributed by atoms with Crippen molar-refractivity contribution in [1.29, 1.82) is 0 Å². The number of hydrogen-bond donors (Lipinski definition) is 1. The molecule has 0 aliphatic rings. The highest BCUT2D eigenvalue weighted by atomic mass is 16.5. The van der Waals surface area contributed by atoms with Crippen molar-refractivity contribution in [2.45, 2.75) is 6.61 Å². The van der Waals surface area contributed by atoms with Crippen LogP contribution in [0.2, 0.25) is 0 Å². The summed E-state index contributed by atoms with van der Waals surface area (Å²) >= 11 is 0. The summed E-state index contributed by atoms with van der Waals surface area (Å²) in [4.78, 5) is 11.3. The molecule has 0 spiro atoms. The largest absolute Gasteiger partial charge is 0.503 e. The Hall–Kier alpha value is -2.75. The second-order valence-corrected chi connectivity index (χ2v) is 4.33. The van der Waals surface area contributed by atoms with Gasteiger partial charge in [-0.15, -0.1) is 0 Å². The lowest BCUT2D eigenvalue weighted by atomic mass is 10.0. The lowest BCUT2D eigenvalue weighted by molar-refractivity contribution is -0.130. The minimum absolute atomic E-state index is 0.102. The van der Waals surface area contributed by atoms with E-state index in [9.17, 15) is 9.90 Å². The van der Waals surface area contributed by atoms with Gasteiger partial charge in [0.1, 0.15) is 17.9 Å². The number of aliphatic carboxylic acids is 1. The van der Waals surface area contributed by atoms with Crippen LogP contribution in [-0.2, 0) is 16.1 Å². The van der Waals surface area contributed by atoms with Gasteiger partial charge in [-0.05, 0) is 23.3 Å². The average Bonchev–Trinajstić information content (AvgIpc) is 2.52. The second kappa shape index (κ2) is 7.14. The summed E-state index contributed by atoms with van der Waals surface area (Å²) in [6.45, 7) is 0.286. The van der Waals surface area contributed by atoms with Crippen LogP contribution in [0.5, 0.6) is 5.75 Å². The number of methoxy groups -OCH3 is 1. The predicted octanol–water partition coefficient (Wildman–Crippen LogP) is 3.34. The molecule has 0 heterocycles. The van der Waals surface area contributed by atoms with Gasteiger partial charge in [-0.1, -0.05) is 42.5 Å². The van der Waals surface area contributed by atoms with E-state index in [0.29, 0.717) is 5.56 Å². The normalized spacial score (nSPS) is 11.0. The van der Waals surface area contributed by atoms with Gasteiger partial charge in [0, 0.05) is 0 Å². The van der Waals surface area contributed by atoms with E-state index in [1.165, 1.54) is 13.4 Å². The Morgan fingerprint density at radius 2 is 1.76 bits per heavy atom. The highest BCUT2D eigenvalue weighted by molar-refractivity contribution is 6.15. The third-order valence-electron chi connectivity index (χ3n) is 2.91. The molecule has 2 aromatic rings. The van der Waals surface area contributed by atoms with Gasteiger partial charge in [-0.3, -0.25) is 0 Å². The van der Waals surface area contributed by atoms with Crippen LogP contribution in [-0.4, -0.2) is 18.2 Å². The van der Waals surface area contributed by atoms with Gasteiger partial charge in [-0.2, -0.15) is 0 Å². The molecular formula is C17H16O4. The minimum Gasteiger partial charge on any atom is -0.503 e. The highest BCUT2D eigenvalue weighted by Gasteiger charge is 2.15. The molecule has 0 unspecified atom stereocenters. The quantitative estimate of drug-likeness (QED) is 0.653. The number of ether oxygens (including phenoxy) is 2. The van der Waals surface area contributed by atoms with E-state index in [1.807, 2.05) is 42.5 Å².